The molecule has 1 rings (SSSR count). The first kappa shape index (κ1) is 9.58. The van der Waals surface area contributed by atoms with Crippen molar-refractivity contribution >= 4 is 5.78 Å². The van der Waals surface area contributed by atoms with Crippen molar-refractivity contribution in [2.45, 2.75) is 0 Å². The molecule has 0 spiro atoms. The first-order valence-corrected chi connectivity index (χ1v) is 3.78. The van der Waals surface area contributed by atoms with Gasteiger partial charge in [-0.05, 0) is 12.1 Å². The number of carbonyl (C=O) groups excluding carboxylic acids is 1. The zero-order chi connectivity index (χ0) is 9.84. The molecule has 0 N–H and O–H groups in total. The second kappa shape index (κ2) is 3.94. The van der Waals surface area contributed by atoms with Gasteiger partial charge >= 0.3 is 0 Å². The molecular formula is C10H11O3. The lowest BCUT2D eigenvalue weighted by Crippen LogP contribution is -1.99. The number of para-hydroxylation sites is 1. The summed E-state index contributed by atoms with van der Waals surface area (Å²) in [5.74, 6) is 0.692. The molecule has 0 saturated carbocycles. The van der Waals surface area contributed by atoms with Crippen molar-refractivity contribution in [1.29, 1.82) is 0 Å². The van der Waals surface area contributed by atoms with Crippen molar-refractivity contribution in [2.24, 2.45) is 0 Å². The van der Waals surface area contributed by atoms with Crippen molar-refractivity contribution in [1.82, 2.24) is 0 Å². The maximum absolute atomic E-state index is 11.0. The molecule has 0 saturated heterocycles. The lowest BCUT2D eigenvalue weighted by molar-refractivity contribution is 0.104. The topological polar surface area (TPSA) is 35.5 Å². The highest BCUT2D eigenvalue weighted by Crippen LogP contribution is 2.30. The van der Waals surface area contributed by atoms with Crippen LogP contribution in [0.2, 0.25) is 0 Å². The normalized spacial score (nSPS) is 9.46. The van der Waals surface area contributed by atoms with Crippen LogP contribution in [-0.2, 0) is 0 Å². The van der Waals surface area contributed by atoms with Gasteiger partial charge in [0.25, 0.3) is 0 Å². The van der Waals surface area contributed by atoms with Crippen LogP contribution < -0.4 is 9.47 Å². The quantitative estimate of drug-likeness (QED) is 0.663. The zero-order valence-electron chi connectivity index (χ0n) is 7.66. The lowest BCUT2D eigenvalue weighted by Gasteiger charge is -2.09. The summed E-state index contributed by atoms with van der Waals surface area (Å²) in [6.07, 6.45) is 0. The molecule has 3 nitrogen and oxygen atoms in total. The van der Waals surface area contributed by atoms with Crippen LogP contribution in [0.4, 0.5) is 0 Å². The molecular weight excluding hydrogens is 168 g/mol. The van der Waals surface area contributed by atoms with E-state index in [1.807, 2.05) is 0 Å². The van der Waals surface area contributed by atoms with Crippen LogP contribution >= 0.6 is 0 Å². The fourth-order valence-corrected chi connectivity index (χ4v) is 1.11. The molecule has 0 heterocycles. The van der Waals surface area contributed by atoms with Crippen LogP contribution in [0.5, 0.6) is 11.5 Å². The van der Waals surface area contributed by atoms with Gasteiger partial charge in [-0.2, -0.15) is 0 Å². The predicted octanol–water partition coefficient (Wildman–Crippen LogP) is 1.72. The highest BCUT2D eigenvalue weighted by atomic mass is 16.5. The third kappa shape index (κ3) is 1.80. The first-order valence-electron chi connectivity index (χ1n) is 3.78. The fourth-order valence-electron chi connectivity index (χ4n) is 1.11. The van der Waals surface area contributed by atoms with Gasteiger partial charge in [0, 0.05) is 6.92 Å². The molecule has 1 aromatic carbocycles. The van der Waals surface area contributed by atoms with Crippen LogP contribution in [0, 0.1) is 6.92 Å². The summed E-state index contributed by atoms with van der Waals surface area (Å²) in [4.78, 5) is 11.0. The third-order valence-corrected chi connectivity index (χ3v) is 1.70. The van der Waals surface area contributed by atoms with Crippen LogP contribution in [-0.4, -0.2) is 20.0 Å². The Morgan fingerprint density at radius 2 is 2.00 bits per heavy atom. The van der Waals surface area contributed by atoms with Crippen LogP contribution in [0.15, 0.2) is 18.2 Å². The monoisotopic (exact) mass is 179 g/mol. The van der Waals surface area contributed by atoms with Gasteiger partial charge in [0.05, 0.1) is 19.8 Å². The number of benzene rings is 1. The number of ketones is 1. The molecule has 0 aromatic heterocycles. The molecule has 0 unspecified atom stereocenters. The number of hydrogen-bond acceptors (Lipinski definition) is 3. The standard InChI is InChI=1S/C10H11O3/c1-7(11)8-5-4-6-9(12-2)10(8)13-3/h4-6H,1H2,2-3H3. The van der Waals surface area contributed by atoms with E-state index in [0.29, 0.717) is 17.1 Å². The van der Waals surface area contributed by atoms with Gasteiger partial charge in [-0.3, -0.25) is 4.79 Å². The van der Waals surface area contributed by atoms with Gasteiger partial charge in [-0.1, -0.05) is 6.07 Å². The van der Waals surface area contributed by atoms with Crippen molar-refractivity contribution in [3.8, 4) is 11.5 Å². The minimum Gasteiger partial charge on any atom is -0.493 e. The Kier molecular flexibility index (Phi) is 2.90. The minimum absolute atomic E-state index is 0.282. The summed E-state index contributed by atoms with van der Waals surface area (Å²) in [5, 5.41) is 0. The maximum atomic E-state index is 11.0. The van der Waals surface area contributed by atoms with E-state index >= 15 is 0 Å². The Morgan fingerprint density at radius 1 is 1.31 bits per heavy atom. The fraction of sp³-hybridized carbons (Fsp3) is 0.200. The average Bonchev–Trinajstić information content (AvgIpc) is 2.16. The molecule has 0 amide bonds. The van der Waals surface area contributed by atoms with E-state index in [2.05, 4.69) is 6.92 Å². The summed E-state index contributed by atoms with van der Waals surface area (Å²) in [5.41, 5.74) is 0.432. The highest BCUT2D eigenvalue weighted by Gasteiger charge is 2.12. The molecule has 0 bridgehead atoms. The van der Waals surface area contributed by atoms with Gasteiger partial charge in [-0.25, -0.2) is 0 Å². The molecule has 1 radical (unpaired) electrons. The summed E-state index contributed by atoms with van der Waals surface area (Å²) >= 11 is 0. The number of ether oxygens (including phenoxy) is 2. The van der Waals surface area contributed by atoms with Gasteiger partial charge in [0.15, 0.2) is 17.3 Å². The third-order valence-electron chi connectivity index (χ3n) is 1.70. The summed E-state index contributed by atoms with van der Waals surface area (Å²) in [7, 11) is 3.01. The molecule has 69 valence electrons. The Hall–Kier alpha value is -1.51. The van der Waals surface area contributed by atoms with Gasteiger partial charge in [-0.15, -0.1) is 0 Å². The first-order chi connectivity index (χ1) is 6.20. The summed E-state index contributed by atoms with van der Waals surface area (Å²) in [6, 6.07) is 5.10. The van der Waals surface area contributed by atoms with Crippen molar-refractivity contribution in [3.05, 3.63) is 30.7 Å². The number of hydrogen-bond donors (Lipinski definition) is 0. The Morgan fingerprint density at radius 3 is 2.46 bits per heavy atom. The number of methoxy groups -OCH3 is 2. The Bertz CT molecular complexity index is 318. The largest absolute Gasteiger partial charge is 0.493 e. The van der Waals surface area contributed by atoms with E-state index in [9.17, 15) is 4.79 Å². The second-order valence-corrected chi connectivity index (χ2v) is 2.46. The SMILES string of the molecule is [CH2]C(=O)c1cccc(OC)c1OC. The maximum Gasteiger partial charge on any atom is 0.171 e. The lowest BCUT2D eigenvalue weighted by atomic mass is 10.1. The second-order valence-electron chi connectivity index (χ2n) is 2.46. The molecule has 0 aliphatic rings. The number of Topliss-reactive ketones (excluding diaryl/α,β-unsaturated/α-hetero) is 1. The summed E-state index contributed by atoms with van der Waals surface area (Å²) in [6.45, 7) is 3.32. The molecule has 0 fully saturated rings. The van der Waals surface area contributed by atoms with E-state index in [0.717, 1.165) is 0 Å². The van der Waals surface area contributed by atoms with Gasteiger partial charge < -0.3 is 9.47 Å². The molecule has 0 aliphatic carbocycles. The molecule has 13 heavy (non-hydrogen) atoms. The number of rotatable bonds is 3. The number of carbonyl (C=O) groups is 1. The average molecular weight is 179 g/mol. The van der Waals surface area contributed by atoms with Crippen molar-refractivity contribution < 1.29 is 14.3 Å². The van der Waals surface area contributed by atoms with Crippen molar-refractivity contribution in [3.63, 3.8) is 0 Å². The van der Waals surface area contributed by atoms with Gasteiger partial charge in [0.1, 0.15) is 0 Å². The van der Waals surface area contributed by atoms with Crippen LogP contribution in [0.1, 0.15) is 10.4 Å². The zero-order valence-corrected chi connectivity index (χ0v) is 7.66. The van der Waals surface area contributed by atoms with E-state index in [4.69, 9.17) is 9.47 Å². The molecule has 0 atom stereocenters. The van der Waals surface area contributed by atoms with E-state index in [1.165, 1.54) is 14.2 Å². The van der Waals surface area contributed by atoms with Crippen molar-refractivity contribution in [2.75, 3.05) is 14.2 Å². The van der Waals surface area contributed by atoms with Crippen LogP contribution in [0.3, 0.4) is 0 Å². The predicted molar refractivity (Wildman–Crippen MR) is 49.2 cm³/mol. The van der Waals surface area contributed by atoms with E-state index < -0.39 is 0 Å². The molecule has 0 aliphatic heterocycles. The Labute approximate surface area is 77.3 Å². The minimum atomic E-state index is -0.282. The smallest absolute Gasteiger partial charge is 0.171 e. The van der Waals surface area contributed by atoms with Gasteiger partial charge in [0.2, 0.25) is 0 Å². The van der Waals surface area contributed by atoms with E-state index in [1.54, 1.807) is 18.2 Å². The Balaban J connectivity index is 3.27. The molecule has 1 aromatic rings. The van der Waals surface area contributed by atoms with E-state index in [-0.39, 0.29) is 5.78 Å². The van der Waals surface area contributed by atoms with Crippen LogP contribution in [0.25, 0.3) is 0 Å². The highest BCUT2D eigenvalue weighted by molar-refractivity contribution is 6.02. The summed E-state index contributed by atoms with van der Waals surface area (Å²) < 4.78 is 10.1. The molecule has 3 heteroatoms.